The quantitative estimate of drug-likeness (QED) is 0.620. The van der Waals surface area contributed by atoms with E-state index in [9.17, 15) is 14.9 Å². The average molecular weight is 276 g/mol. The van der Waals surface area contributed by atoms with Gasteiger partial charge in [-0.25, -0.2) is 4.79 Å². The van der Waals surface area contributed by atoms with Crippen LogP contribution in [0.5, 0.6) is 0 Å². The molecule has 20 heavy (non-hydrogen) atoms. The molecule has 7 nitrogen and oxygen atoms in total. The Morgan fingerprint density at radius 3 is 2.80 bits per heavy atom. The molecule has 0 aliphatic carbocycles. The molecule has 1 aromatic heterocycles. The number of anilines is 1. The Hall–Kier alpha value is -2.83. The standard InChI is InChI=1S/C13H12N2O5/c16-13(17)11-8-9(15(18)19)3-4-12(11)14-6-5-10-2-1-7-20-10/h1-4,7-8,14H,5-6H2,(H,16,17). The molecule has 0 spiro atoms. The first-order chi connectivity index (χ1) is 9.58. The molecule has 0 fully saturated rings. The third-order valence-electron chi connectivity index (χ3n) is 2.71. The van der Waals surface area contributed by atoms with Crippen molar-refractivity contribution in [2.75, 3.05) is 11.9 Å². The number of carboxylic acids is 1. The van der Waals surface area contributed by atoms with E-state index < -0.39 is 10.9 Å². The van der Waals surface area contributed by atoms with Crippen LogP contribution in [0.25, 0.3) is 0 Å². The molecule has 0 saturated carbocycles. The van der Waals surface area contributed by atoms with Crippen molar-refractivity contribution in [2.45, 2.75) is 6.42 Å². The summed E-state index contributed by atoms with van der Waals surface area (Å²) in [7, 11) is 0. The van der Waals surface area contributed by atoms with E-state index in [2.05, 4.69) is 5.32 Å². The molecule has 0 aliphatic rings. The summed E-state index contributed by atoms with van der Waals surface area (Å²) in [6, 6.07) is 7.28. The fraction of sp³-hybridized carbons (Fsp3) is 0.154. The Balaban J connectivity index is 2.10. The van der Waals surface area contributed by atoms with Gasteiger partial charge in [0.15, 0.2) is 0 Å². The van der Waals surface area contributed by atoms with Crippen LogP contribution in [0.2, 0.25) is 0 Å². The smallest absolute Gasteiger partial charge is 0.338 e. The SMILES string of the molecule is O=C(O)c1cc([N+](=O)[O-])ccc1NCCc1ccco1. The molecule has 0 amide bonds. The molecule has 0 bridgehead atoms. The van der Waals surface area contributed by atoms with E-state index in [1.54, 1.807) is 12.3 Å². The van der Waals surface area contributed by atoms with Gasteiger partial charge in [0.25, 0.3) is 5.69 Å². The molecule has 1 heterocycles. The van der Waals surface area contributed by atoms with Gasteiger partial charge in [-0.3, -0.25) is 10.1 Å². The van der Waals surface area contributed by atoms with Gasteiger partial charge in [0.2, 0.25) is 0 Å². The summed E-state index contributed by atoms with van der Waals surface area (Å²) < 4.78 is 5.15. The summed E-state index contributed by atoms with van der Waals surface area (Å²) in [6.45, 7) is 0.464. The highest BCUT2D eigenvalue weighted by atomic mass is 16.6. The Labute approximate surface area is 114 Å². The molecule has 2 aromatic rings. The number of nitrogens with zero attached hydrogens (tertiary/aromatic N) is 1. The molecular weight excluding hydrogens is 264 g/mol. The number of aromatic carboxylic acids is 1. The van der Waals surface area contributed by atoms with Crippen LogP contribution in [0.1, 0.15) is 16.1 Å². The van der Waals surface area contributed by atoms with Crippen LogP contribution in [0.15, 0.2) is 41.0 Å². The van der Waals surface area contributed by atoms with E-state index in [4.69, 9.17) is 9.52 Å². The summed E-state index contributed by atoms with van der Waals surface area (Å²) >= 11 is 0. The van der Waals surface area contributed by atoms with Gasteiger partial charge in [-0.05, 0) is 18.2 Å². The minimum atomic E-state index is -1.21. The highest BCUT2D eigenvalue weighted by Crippen LogP contribution is 2.22. The highest BCUT2D eigenvalue weighted by molar-refractivity contribution is 5.95. The van der Waals surface area contributed by atoms with E-state index in [1.807, 2.05) is 6.07 Å². The zero-order valence-corrected chi connectivity index (χ0v) is 10.4. The lowest BCUT2D eigenvalue weighted by Crippen LogP contribution is -2.09. The van der Waals surface area contributed by atoms with Crippen LogP contribution in [0.4, 0.5) is 11.4 Å². The highest BCUT2D eigenvalue weighted by Gasteiger charge is 2.15. The van der Waals surface area contributed by atoms with Crippen molar-refractivity contribution in [1.29, 1.82) is 0 Å². The second kappa shape index (κ2) is 5.87. The number of carbonyl (C=O) groups is 1. The lowest BCUT2D eigenvalue weighted by atomic mass is 10.1. The second-order valence-corrected chi connectivity index (χ2v) is 4.05. The molecule has 104 valence electrons. The molecule has 0 unspecified atom stereocenters. The molecule has 0 atom stereocenters. The first kappa shape index (κ1) is 13.6. The van der Waals surface area contributed by atoms with Gasteiger partial charge in [-0.2, -0.15) is 0 Å². The largest absolute Gasteiger partial charge is 0.478 e. The van der Waals surface area contributed by atoms with Crippen LogP contribution >= 0.6 is 0 Å². The molecule has 0 saturated heterocycles. The van der Waals surface area contributed by atoms with Crippen LogP contribution in [-0.2, 0) is 6.42 Å². The summed E-state index contributed by atoms with van der Waals surface area (Å²) in [4.78, 5) is 21.1. The first-order valence-electron chi connectivity index (χ1n) is 5.86. The van der Waals surface area contributed by atoms with Gasteiger partial charge in [0, 0.05) is 30.8 Å². The first-order valence-corrected chi connectivity index (χ1v) is 5.86. The number of hydrogen-bond acceptors (Lipinski definition) is 5. The normalized spacial score (nSPS) is 10.2. The maximum atomic E-state index is 11.1. The average Bonchev–Trinajstić information content (AvgIpc) is 2.91. The fourth-order valence-corrected chi connectivity index (χ4v) is 1.75. The predicted octanol–water partition coefficient (Wildman–Crippen LogP) is 2.54. The Bertz CT molecular complexity index is 622. The van der Waals surface area contributed by atoms with Crippen LogP contribution < -0.4 is 5.32 Å². The zero-order valence-electron chi connectivity index (χ0n) is 10.4. The fourth-order valence-electron chi connectivity index (χ4n) is 1.75. The Kier molecular flexibility index (Phi) is 3.99. The number of rotatable bonds is 6. The van der Waals surface area contributed by atoms with Crippen LogP contribution in [0.3, 0.4) is 0 Å². The summed E-state index contributed by atoms with van der Waals surface area (Å²) in [6.07, 6.45) is 2.15. The Morgan fingerprint density at radius 1 is 1.40 bits per heavy atom. The van der Waals surface area contributed by atoms with Crippen molar-refractivity contribution in [2.24, 2.45) is 0 Å². The molecule has 2 N–H and O–H groups in total. The molecule has 0 aliphatic heterocycles. The van der Waals surface area contributed by atoms with Gasteiger partial charge in [-0.1, -0.05) is 0 Å². The van der Waals surface area contributed by atoms with Crippen molar-refractivity contribution < 1.29 is 19.2 Å². The number of benzene rings is 1. The van der Waals surface area contributed by atoms with Gasteiger partial charge in [0.05, 0.1) is 16.7 Å². The number of nitrogens with one attached hydrogen (secondary N) is 1. The van der Waals surface area contributed by atoms with Crippen molar-refractivity contribution in [1.82, 2.24) is 0 Å². The van der Waals surface area contributed by atoms with E-state index in [1.165, 1.54) is 12.1 Å². The van der Waals surface area contributed by atoms with E-state index >= 15 is 0 Å². The third kappa shape index (κ3) is 3.14. The topological polar surface area (TPSA) is 106 Å². The Morgan fingerprint density at radius 2 is 2.20 bits per heavy atom. The number of nitro benzene ring substituents is 1. The monoisotopic (exact) mass is 276 g/mol. The second-order valence-electron chi connectivity index (χ2n) is 4.05. The van der Waals surface area contributed by atoms with Gasteiger partial charge >= 0.3 is 5.97 Å². The van der Waals surface area contributed by atoms with Gasteiger partial charge < -0.3 is 14.8 Å². The lowest BCUT2D eigenvalue weighted by Gasteiger charge is -2.08. The summed E-state index contributed by atoms with van der Waals surface area (Å²) in [5.41, 5.74) is -0.0349. The molecule has 7 heteroatoms. The van der Waals surface area contributed by atoms with Gasteiger partial charge in [-0.15, -0.1) is 0 Å². The van der Waals surface area contributed by atoms with Crippen molar-refractivity contribution in [3.05, 3.63) is 58.0 Å². The van der Waals surface area contributed by atoms with E-state index in [0.29, 0.717) is 18.7 Å². The lowest BCUT2D eigenvalue weighted by molar-refractivity contribution is -0.384. The molecule has 2 rings (SSSR count). The number of nitro groups is 1. The van der Waals surface area contributed by atoms with Gasteiger partial charge in [0.1, 0.15) is 5.76 Å². The number of non-ortho nitro benzene ring substituents is 1. The zero-order chi connectivity index (χ0) is 14.5. The maximum absolute atomic E-state index is 11.1. The minimum Gasteiger partial charge on any atom is -0.478 e. The maximum Gasteiger partial charge on any atom is 0.338 e. The predicted molar refractivity (Wildman–Crippen MR) is 71.0 cm³/mol. The molecular formula is C13H12N2O5. The molecule has 1 aromatic carbocycles. The van der Waals surface area contributed by atoms with Crippen molar-refractivity contribution >= 4 is 17.3 Å². The van der Waals surface area contributed by atoms with Crippen molar-refractivity contribution in [3.8, 4) is 0 Å². The number of hydrogen-bond donors (Lipinski definition) is 2. The van der Waals surface area contributed by atoms with Crippen LogP contribution in [0, 0.1) is 10.1 Å². The number of furan rings is 1. The minimum absolute atomic E-state index is 0.126. The van der Waals surface area contributed by atoms with E-state index in [-0.39, 0.29) is 11.3 Å². The van der Waals surface area contributed by atoms with Crippen LogP contribution in [-0.4, -0.2) is 22.5 Å². The number of carboxylic acid groups (broad SMARTS) is 1. The van der Waals surface area contributed by atoms with E-state index in [0.717, 1.165) is 11.8 Å². The third-order valence-corrected chi connectivity index (χ3v) is 2.71. The van der Waals surface area contributed by atoms with Crippen molar-refractivity contribution in [3.63, 3.8) is 0 Å². The molecule has 0 radical (unpaired) electrons. The summed E-state index contributed by atoms with van der Waals surface area (Å²) in [5.74, 6) is -0.439. The summed E-state index contributed by atoms with van der Waals surface area (Å²) in [5, 5.41) is 22.6.